The minimum absolute atomic E-state index is 0.940. The van der Waals surface area contributed by atoms with Crippen LogP contribution in [0, 0.1) is 0 Å². The number of aromatic nitrogens is 3. The Bertz CT molecular complexity index is 3480. The Morgan fingerprint density at radius 2 is 0.433 bits per heavy atom. The molecule has 0 N–H and O–H groups in total. The van der Waals surface area contributed by atoms with Crippen LogP contribution in [0.25, 0.3) is 131 Å². The summed E-state index contributed by atoms with van der Waals surface area (Å²) < 4.78 is 0. The maximum Gasteiger partial charge on any atom is 0.0801 e. The first-order chi connectivity index (χ1) is 29.8. The molecule has 0 saturated carbocycles. The summed E-state index contributed by atoms with van der Waals surface area (Å²) in [7, 11) is 0. The number of pyridine rings is 3. The van der Waals surface area contributed by atoms with Crippen LogP contribution in [-0.4, -0.2) is 15.0 Å². The van der Waals surface area contributed by atoms with Gasteiger partial charge in [0.05, 0.1) is 33.6 Å². The number of benzene rings is 10. The predicted octanol–water partition coefficient (Wildman–Crippen LogP) is 15.3. The van der Waals surface area contributed by atoms with E-state index in [1.807, 2.05) is 0 Å². The van der Waals surface area contributed by atoms with E-state index < -0.39 is 0 Å². The van der Waals surface area contributed by atoms with Gasteiger partial charge in [-0.25, -0.2) is 15.0 Å². The lowest BCUT2D eigenvalue weighted by atomic mass is 9.83. The molecule has 0 fully saturated rings. The number of hydrogen-bond donors (Lipinski definition) is 0. The van der Waals surface area contributed by atoms with Gasteiger partial charge in [-0.3, -0.25) is 0 Å². The van der Waals surface area contributed by atoms with Crippen molar-refractivity contribution in [1.82, 2.24) is 15.0 Å². The molecule has 0 radical (unpaired) electrons. The van der Waals surface area contributed by atoms with E-state index in [9.17, 15) is 0 Å². The molecule has 3 aromatic heterocycles. The molecule has 3 heterocycles. The normalized spacial score (nSPS) is 12.0. The van der Waals surface area contributed by atoms with Crippen LogP contribution in [0.2, 0.25) is 0 Å². The smallest absolute Gasteiger partial charge is 0.0801 e. The lowest BCUT2D eigenvalue weighted by Gasteiger charge is -2.22. The second-order valence-electron chi connectivity index (χ2n) is 15.8. The molecule has 0 spiro atoms. The highest BCUT2D eigenvalue weighted by Gasteiger charge is 2.25. The van der Waals surface area contributed by atoms with Gasteiger partial charge >= 0.3 is 0 Å². The van der Waals surface area contributed by atoms with Crippen molar-refractivity contribution in [3.63, 3.8) is 0 Å². The Hall–Kier alpha value is -8.01. The molecule has 0 unspecified atom stereocenters. The Labute approximate surface area is 344 Å². The third-order valence-corrected chi connectivity index (χ3v) is 12.6. The molecule has 0 bridgehead atoms. The monoisotopic (exact) mass is 759 g/mol. The number of fused-ring (bicyclic) bond motifs is 21. The van der Waals surface area contributed by atoms with Crippen molar-refractivity contribution in [2.24, 2.45) is 0 Å². The maximum absolute atomic E-state index is 5.70. The molecular weight excluding hydrogens is 727 g/mol. The van der Waals surface area contributed by atoms with Crippen LogP contribution in [0.5, 0.6) is 0 Å². The van der Waals surface area contributed by atoms with E-state index in [1.165, 1.54) is 32.3 Å². The van der Waals surface area contributed by atoms with E-state index >= 15 is 0 Å². The van der Waals surface area contributed by atoms with E-state index in [0.29, 0.717) is 0 Å². The van der Waals surface area contributed by atoms with Gasteiger partial charge < -0.3 is 0 Å². The summed E-state index contributed by atoms with van der Waals surface area (Å²) in [5, 5.41) is 17.3. The van der Waals surface area contributed by atoms with Crippen LogP contribution < -0.4 is 0 Å². The molecule has 60 heavy (non-hydrogen) atoms. The fraction of sp³-hybridized carbons (Fsp3) is 0. The van der Waals surface area contributed by atoms with Gasteiger partial charge in [0.15, 0.2) is 0 Å². The fourth-order valence-electron chi connectivity index (χ4n) is 9.99. The standard InChI is InChI=1S/C57H33N3/c1-4-16-34(17-5-1)46-31-28-43-37-22-10-13-25-40(37)49-52(55(43)58-46)50-41-26-14-11-23-38(41)44-29-32-47(35-18-6-2-7-19-35)59-56(44)54(50)51-42-27-15-12-24-39(42)45-30-33-48(60-57(45)53(49)51)36-20-8-3-9-21-36/h1-33H. The van der Waals surface area contributed by atoms with Crippen LogP contribution in [0.1, 0.15) is 0 Å². The third kappa shape index (κ3) is 4.69. The molecule has 0 aliphatic carbocycles. The lowest BCUT2D eigenvalue weighted by Crippen LogP contribution is -1.97. The van der Waals surface area contributed by atoms with E-state index in [0.717, 1.165) is 98.8 Å². The van der Waals surface area contributed by atoms with Crippen LogP contribution in [0.4, 0.5) is 0 Å². The van der Waals surface area contributed by atoms with E-state index in [2.05, 4.69) is 200 Å². The summed E-state index contributed by atoms with van der Waals surface area (Å²) in [5.74, 6) is 0. The van der Waals surface area contributed by atoms with Gasteiger partial charge in [-0.05, 0) is 68.7 Å². The highest BCUT2D eigenvalue weighted by molar-refractivity contribution is 6.50. The zero-order valence-electron chi connectivity index (χ0n) is 32.4. The van der Waals surface area contributed by atoms with Crippen LogP contribution in [0.3, 0.4) is 0 Å². The van der Waals surface area contributed by atoms with E-state index in [1.54, 1.807) is 0 Å². The molecule has 13 rings (SSSR count). The van der Waals surface area contributed by atoms with Gasteiger partial charge in [-0.2, -0.15) is 0 Å². The molecule has 276 valence electrons. The average Bonchev–Trinajstić information content (AvgIpc) is 3.34. The zero-order chi connectivity index (χ0) is 39.3. The molecule has 0 saturated heterocycles. The molecule has 0 amide bonds. The van der Waals surface area contributed by atoms with Crippen LogP contribution in [0.15, 0.2) is 200 Å². The van der Waals surface area contributed by atoms with Crippen molar-refractivity contribution in [2.45, 2.75) is 0 Å². The highest BCUT2D eigenvalue weighted by Crippen LogP contribution is 2.52. The second kappa shape index (κ2) is 12.7. The summed E-state index contributed by atoms with van der Waals surface area (Å²) in [6.07, 6.45) is 0. The SMILES string of the molecule is c1ccc(-c2ccc3c4ccccc4c4c(c3n2)c2c3ccccc3c3ccc(-c5ccccc5)nc3c2c2c3ccccc3c3ccc(-c5ccccc5)nc3c42)cc1. The topological polar surface area (TPSA) is 38.7 Å². The van der Waals surface area contributed by atoms with Gasteiger partial charge in [0, 0.05) is 65.2 Å². The number of rotatable bonds is 3. The number of hydrogen-bond acceptors (Lipinski definition) is 3. The Morgan fingerprint density at radius 3 is 0.717 bits per heavy atom. The average molecular weight is 760 g/mol. The third-order valence-electron chi connectivity index (χ3n) is 12.6. The molecule has 3 nitrogen and oxygen atoms in total. The van der Waals surface area contributed by atoms with E-state index in [-0.39, 0.29) is 0 Å². The zero-order valence-corrected chi connectivity index (χ0v) is 32.4. The minimum atomic E-state index is 0.940. The number of nitrogens with zero attached hydrogens (tertiary/aromatic N) is 3. The fourth-order valence-corrected chi connectivity index (χ4v) is 9.99. The summed E-state index contributed by atoms with van der Waals surface area (Å²) in [4.78, 5) is 17.1. The van der Waals surface area contributed by atoms with Gasteiger partial charge in [0.25, 0.3) is 0 Å². The summed E-state index contributed by atoms with van der Waals surface area (Å²) in [5.41, 5.74) is 8.99. The van der Waals surface area contributed by atoms with Crippen molar-refractivity contribution >= 4 is 97.3 Å². The van der Waals surface area contributed by atoms with Gasteiger partial charge in [-0.1, -0.05) is 164 Å². The molecule has 13 aromatic rings. The van der Waals surface area contributed by atoms with E-state index in [4.69, 9.17) is 15.0 Å². The maximum atomic E-state index is 5.70. The highest BCUT2D eigenvalue weighted by atomic mass is 14.7. The first-order valence-corrected chi connectivity index (χ1v) is 20.5. The van der Waals surface area contributed by atoms with Gasteiger partial charge in [0.2, 0.25) is 0 Å². The van der Waals surface area contributed by atoms with Gasteiger partial charge in [-0.15, -0.1) is 0 Å². The van der Waals surface area contributed by atoms with Crippen molar-refractivity contribution < 1.29 is 0 Å². The molecular formula is C57H33N3. The molecule has 0 aliphatic rings. The summed E-state index contributed by atoms with van der Waals surface area (Å²) >= 11 is 0. The van der Waals surface area contributed by atoms with Crippen LogP contribution in [-0.2, 0) is 0 Å². The van der Waals surface area contributed by atoms with Crippen LogP contribution >= 0.6 is 0 Å². The second-order valence-corrected chi connectivity index (χ2v) is 15.8. The molecule has 10 aromatic carbocycles. The molecule has 0 atom stereocenters. The lowest BCUT2D eigenvalue weighted by molar-refractivity contribution is 1.41. The van der Waals surface area contributed by atoms with Crippen molar-refractivity contribution in [2.75, 3.05) is 0 Å². The Kier molecular flexibility index (Phi) is 7.01. The first kappa shape index (κ1) is 33.0. The predicted molar refractivity (Wildman–Crippen MR) is 254 cm³/mol. The van der Waals surface area contributed by atoms with Gasteiger partial charge in [0.1, 0.15) is 0 Å². The van der Waals surface area contributed by atoms with Crippen molar-refractivity contribution in [1.29, 1.82) is 0 Å². The Morgan fingerprint density at radius 1 is 0.183 bits per heavy atom. The minimum Gasteiger partial charge on any atom is -0.247 e. The van der Waals surface area contributed by atoms with Crippen molar-refractivity contribution in [3.05, 3.63) is 200 Å². The Balaban J connectivity index is 1.40. The largest absolute Gasteiger partial charge is 0.247 e. The summed E-state index contributed by atoms with van der Waals surface area (Å²) in [6, 6.07) is 71.6. The molecule has 3 heteroatoms. The quantitative estimate of drug-likeness (QED) is 0.168. The molecule has 0 aliphatic heterocycles. The van der Waals surface area contributed by atoms with Crippen molar-refractivity contribution in [3.8, 4) is 33.8 Å². The summed E-state index contributed by atoms with van der Waals surface area (Å²) in [6.45, 7) is 0. The first-order valence-electron chi connectivity index (χ1n) is 20.5.